The summed E-state index contributed by atoms with van der Waals surface area (Å²) >= 11 is 0. The van der Waals surface area contributed by atoms with Gasteiger partial charge in [0.15, 0.2) is 0 Å². The van der Waals surface area contributed by atoms with Crippen LogP contribution in [0.2, 0.25) is 0 Å². The molecule has 0 aromatic rings. The van der Waals surface area contributed by atoms with E-state index in [1.165, 1.54) is 0 Å². The first kappa shape index (κ1) is 10.5. The van der Waals surface area contributed by atoms with Crippen molar-refractivity contribution < 1.29 is 0 Å². The van der Waals surface area contributed by atoms with Crippen LogP contribution in [0.3, 0.4) is 0 Å². The van der Waals surface area contributed by atoms with E-state index in [-0.39, 0.29) is 5.54 Å². The molecule has 0 atom stereocenters. The molecular formula is C9H18N2. The van der Waals surface area contributed by atoms with Crippen molar-refractivity contribution in [1.29, 1.82) is 0 Å². The lowest BCUT2D eigenvalue weighted by molar-refractivity contribution is 0.424. The van der Waals surface area contributed by atoms with Crippen molar-refractivity contribution in [2.45, 2.75) is 26.3 Å². The third-order valence-corrected chi connectivity index (χ3v) is 1.18. The molecule has 11 heavy (non-hydrogen) atoms. The van der Waals surface area contributed by atoms with Crippen molar-refractivity contribution in [1.82, 2.24) is 10.6 Å². The van der Waals surface area contributed by atoms with Crippen molar-refractivity contribution >= 4 is 0 Å². The third kappa shape index (κ3) is 9.48. The van der Waals surface area contributed by atoms with Gasteiger partial charge in [-0.3, -0.25) is 0 Å². The van der Waals surface area contributed by atoms with Crippen LogP contribution < -0.4 is 10.6 Å². The maximum atomic E-state index is 5.06. The lowest BCUT2D eigenvalue weighted by Crippen LogP contribution is -2.40. The summed E-state index contributed by atoms with van der Waals surface area (Å²) in [4.78, 5) is 0. The second kappa shape index (κ2) is 5.17. The first-order valence-electron chi connectivity index (χ1n) is 3.95. The molecule has 0 unspecified atom stereocenters. The Balaban J connectivity index is 3.10. The average Bonchev–Trinajstić information content (AvgIpc) is 1.85. The maximum Gasteiger partial charge on any atom is 0.0574 e. The number of hydrogen-bond acceptors (Lipinski definition) is 2. The Morgan fingerprint density at radius 1 is 1.27 bits per heavy atom. The fourth-order valence-corrected chi connectivity index (χ4v) is 0.686. The zero-order valence-electron chi connectivity index (χ0n) is 7.70. The van der Waals surface area contributed by atoms with Crippen LogP contribution in [-0.2, 0) is 0 Å². The van der Waals surface area contributed by atoms with E-state index in [1.807, 2.05) is 0 Å². The zero-order valence-corrected chi connectivity index (χ0v) is 7.70. The molecule has 0 aliphatic rings. The highest BCUT2D eigenvalue weighted by Crippen LogP contribution is 1.95. The van der Waals surface area contributed by atoms with Gasteiger partial charge in [0, 0.05) is 18.6 Å². The van der Waals surface area contributed by atoms with E-state index < -0.39 is 0 Å². The minimum absolute atomic E-state index is 0.206. The van der Waals surface area contributed by atoms with E-state index in [1.54, 1.807) is 0 Å². The number of terminal acetylenes is 1. The van der Waals surface area contributed by atoms with Gasteiger partial charge in [0.05, 0.1) is 6.54 Å². The summed E-state index contributed by atoms with van der Waals surface area (Å²) in [5.74, 6) is 2.53. The van der Waals surface area contributed by atoms with Crippen LogP contribution >= 0.6 is 0 Å². The second-order valence-corrected chi connectivity index (χ2v) is 3.56. The standard InChI is InChI=1S/C9H18N2/c1-5-6-10-7-8-11-9(2,3)4/h1,10-11H,6-8H2,2-4H3. The van der Waals surface area contributed by atoms with Crippen LogP contribution in [0.4, 0.5) is 0 Å². The topological polar surface area (TPSA) is 24.1 Å². The fourth-order valence-electron chi connectivity index (χ4n) is 0.686. The summed E-state index contributed by atoms with van der Waals surface area (Å²) in [6.07, 6.45) is 5.06. The highest BCUT2D eigenvalue weighted by molar-refractivity contribution is 4.86. The number of nitrogens with one attached hydrogen (secondary N) is 2. The van der Waals surface area contributed by atoms with Gasteiger partial charge in [-0.25, -0.2) is 0 Å². The van der Waals surface area contributed by atoms with Crippen molar-refractivity contribution in [3.05, 3.63) is 0 Å². The molecule has 0 aliphatic carbocycles. The third-order valence-electron chi connectivity index (χ3n) is 1.18. The average molecular weight is 154 g/mol. The molecular weight excluding hydrogens is 136 g/mol. The summed E-state index contributed by atoms with van der Waals surface area (Å²) in [6, 6.07) is 0. The molecule has 0 aromatic carbocycles. The number of hydrogen-bond donors (Lipinski definition) is 2. The summed E-state index contributed by atoms with van der Waals surface area (Å²) in [7, 11) is 0. The van der Waals surface area contributed by atoms with Gasteiger partial charge in [-0.05, 0) is 20.8 Å². The van der Waals surface area contributed by atoms with E-state index in [4.69, 9.17) is 6.42 Å². The molecule has 0 aromatic heterocycles. The summed E-state index contributed by atoms with van der Waals surface area (Å²) < 4.78 is 0. The molecule has 0 fully saturated rings. The summed E-state index contributed by atoms with van der Waals surface area (Å²) in [5.41, 5.74) is 0.206. The van der Waals surface area contributed by atoms with Crippen LogP contribution in [0.15, 0.2) is 0 Å². The van der Waals surface area contributed by atoms with Gasteiger partial charge in [0.25, 0.3) is 0 Å². The normalized spacial score (nSPS) is 11.1. The Morgan fingerprint density at radius 2 is 1.91 bits per heavy atom. The molecule has 0 radical (unpaired) electrons. The lowest BCUT2D eigenvalue weighted by atomic mass is 10.1. The van der Waals surface area contributed by atoms with Gasteiger partial charge in [-0.1, -0.05) is 5.92 Å². The second-order valence-electron chi connectivity index (χ2n) is 3.56. The largest absolute Gasteiger partial charge is 0.311 e. The van der Waals surface area contributed by atoms with E-state index >= 15 is 0 Å². The molecule has 0 spiro atoms. The van der Waals surface area contributed by atoms with Crippen molar-refractivity contribution in [3.8, 4) is 12.3 Å². The maximum absolute atomic E-state index is 5.06. The Bertz CT molecular complexity index is 127. The molecule has 0 rings (SSSR count). The molecule has 0 saturated carbocycles. The highest BCUT2D eigenvalue weighted by atomic mass is 15.0. The van der Waals surface area contributed by atoms with Gasteiger partial charge in [-0.15, -0.1) is 6.42 Å². The van der Waals surface area contributed by atoms with Gasteiger partial charge in [0.1, 0.15) is 0 Å². The van der Waals surface area contributed by atoms with Gasteiger partial charge in [0.2, 0.25) is 0 Å². The molecule has 64 valence electrons. The molecule has 0 saturated heterocycles. The van der Waals surface area contributed by atoms with E-state index in [9.17, 15) is 0 Å². The van der Waals surface area contributed by atoms with Crippen LogP contribution in [-0.4, -0.2) is 25.2 Å². The molecule has 0 amide bonds. The lowest BCUT2D eigenvalue weighted by Gasteiger charge is -2.20. The van der Waals surface area contributed by atoms with E-state index in [0.717, 1.165) is 13.1 Å². The predicted octanol–water partition coefficient (Wildman–Crippen LogP) is 0.597. The van der Waals surface area contributed by atoms with Crippen LogP contribution in [0.5, 0.6) is 0 Å². The van der Waals surface area contributed by atoms with E-state index in [0.29, 0.717) is 6.54 Å². The smallest absolute Gasteiger partial charge is 0.0574 e. The fraction of sp³-hybridized carbons (Fsp3) is 0.778. The first-order chi connectivity index (χ1) is 5.06. The van der Waals surface area contributed by atoms with Crippen LogP contribution in [0.1, 0.15) is 20.8 Å². The van der Waals surface area contributed by atoms with E-state index in [2.05, 4.69) is 37.3 Å². The first-order valence-corrected chi connectivity index (χ1v) is 3.95. The Morgan fingerprint density at radius 3 is 2.36 bits per heavy atom. The SMILES string of the molecule is C#CCNCCNC(C)(C)C. The summed E-state index contributed by atoms with van der Waals surface area (Å²) in [5, 5.41) is 6.46. The number of rotatable bonds is 4. The monoisotopic (exact) mass is 154 g/mol. The highest BCUT2D eigenvalue weighted by Gasteiger charge is 2.06. The van der Waals surface area contributed by atoms with Gasteiger partial charge >= 0.3 is 0 Å². The molecule has 0 aliphatic heterocycles. The van der Waals surface area contributed by atoms with Crippen LogP contribution in [0, 0.1) is 12.3 Å². The molecule has 0 bridgehead atoms. The quantitative estimate of drug-likeness (QED) is 0.457. The van der Waals surface area contributed by atoms with Crippen molar-refractivity contribution in [3.63, 3.8) is 0 Å². The Labute approximate surface area is 69.8 Å². The predicted molar refractivity (Wildman–Crippen MR) is 49.5 cm³/mol. The summed E-state index contributed by atoms with van der Waals surface area (Å²) in [6.45, 7) is 9.00. The van der Waals surface area contributed by atoms with Crippen LogP contribution in [0.25, 0.3) is 0 Å². The van der Waals surface area contributed by atoms with Crippen molar-refractivity contribution in [2.24, 2.45) is 0 Å². The van der Waals surface area contributed by atoms with Gasteiger partial charge in [-0.2, -0.15) is 0 Å². The Kier molecular flexibility index (Phi) is 4.93. The van der Waals surface area contributed by atoms with Crippen molar-refractivity contribution in [2.75, 3.05) is 19.6 Å². The minimum atomic E-state index is 0.206. The van der Waals surface area contributed by atoms with Gasteiger partial charge < -0.3 is 10.6 Å². The molecule has 2 N–H and O–H groups in total. The minimum Gasteiger partial charge on any atom is -0.311 e. The zero-order chi connectivity index (χ0) is 8.74. The Hall–Kier alpha value is -0.520. The molecule has 2 nitrogen and oxygen atoms in total. The molecule has 2 heteroatoms. The molecule has 0 heterocycles.